The Hall–Kier alpha value is -0.920. The monoisotopic (exact) mass is 314 g/mol. The molecule has 2 rings (SSSR count). The lowest BCUT2D eigenvalue weighted by atomic mass is 10.0. The molecule has 0 aromatic carbocycles. The highest BCUT2D eigenvalue weighted by molar-refractivity contribution is 7.89. The van der Waals surface area contributed by atoms with Gasteiger partial charge in [-0.1, -0.05) is 6.92 Å². The van der Waals surface area contributed by atoms with Gasteiger partial charge in [0.2, 0.25) is 10.0 Å². The smallest absolute Gasteiger partial charge is 0.246 e. The second kappa shape index (κ2) is 6.46. The fourth-order valence-electron chi connectivity index (χ4n) is 2.84. The van der Waals surface area contributed by atoms with Crippen LogP contribution < -0.4 is 5.32 Å². The Labute approximate surface area is 127 Å². The van der Waals surface area contributed by atoms with E-state index in [1.165, 1.54) is 0 Å². The van der Waals surface area contributed by atoms with E-state index in [-0.39, 0.29) is 0 Å². The molecule has 1 aromatic rings. The van der Waals surface area contributed by atoms with E-state index in [1.807, 2.05) is 14.0 Å². The van der Waals surface area contributed by atoms with Gasteiger partial charge in [-0.05, 0) is 39.7 Å². The molecule has 2 heterocycles. The van der Waals surface area contributed by atoms with Crippen molar-refractivity contribution in [2.45, 2.75) is 45.1 Å². The number of nitrogens with one attached hydrogen (secondary N) is 1. The zero-order valence-electron chi connectivity index (χ0n) is 13.4. The van der Waals surface area contributed by atoms with Gasteiger partial charge >= 0.3 is 0 Å². The molecule has 0 atom stereocenters. The Morgan fingerprint density at radius 3 is 2.48 bits per heavy atom. The summed E-state index contributed by atoms with van der Waals surface area (Å²) in [5.41, 5.74) is 1.34. The van der Waals surface area contributed by atoms with Gasteiger partial charge in [0.15, 0.2) is 0 Å². The Bertz CT molecular complexity index is 586. The Balaban J connectivity index is 2.29. The van der Waals surface area contributed by atoms with Crippen LogP contribution in [-0.2, 0) is 16.6 Å². The molecule has 0 saturated carbocycles. The molecule has 7 heteroatoms. The summed E-state index contributed by atoms with van der Waals surface area (Å²) in [7, 11) is -1.55. The zero-order chi connectivity index (χ0) is 15.6. The van der Waals surface area contributed by atoms with Gasteiger partial charge in [-0.3, -0.25) is 4.68 Å². The molecule has 21 heavy (non-hydrogen) atoms. The van der Waals surface area contributed by atoms with Crippen LogP contribution in [0.25, 0.3) is 0 Å². The largest absolute Gasteiger partial charge is 0.318 e. The molecule has 1 aliphatic heterocycles. The lowest BCUT2D eigenvalue weighted by Crippen LogP contribution is -2.38. The first kappa shape index (κ1) is 16.5. The number of hydrogen-bond donors (Lipinski definition) is 1. The maximum absolute atomic E-state index is 12.9. The Kier molecular flexibility index (Phi) is 5.06. The summed E-state index contributed by atoms with van der Waals surface area (Å²) >= 11 is 0. The summed E-state index contributed by atoms with van der Waals surface area (Å²) in [5, 5.41) is 7.45. The van der Waals surface area contributed by atoms with E-state index in [2.05, 4.69) is 17.3 Å². The fourth-order valence-corrected chi connectivity index (χ4v) is 4.69. The van der Waals surface area contributed by atoms with E-state index in [9.17, 15) is 8.42 Å². The molecular formula is C14H26N4O2S. The number of likely N-dealkylation sites (N-methyl/N-ethyl adjacent to an activating group) is 1. The number of hydrogen-bond acceptors (Lipinski definition) is 4. The average molecular weight is 314 g/mol. The average Bonchev–Trinajstić information content (AvgIpc) is 2.72. The van der Waals surface area contributed by atoms with E-state index in [4.69, 9.17) is 0 Å². The van der Waals surface area contributed by atoms with Crippen molar-refractivity contribution in [2.24, 2.45) is 5.92 Å². The molecule has 1 saturated heterocycles. The molecule has 0 spiro atoms. The van der Waals surface area contributed by atoms with Crippen molar-refractivity contribution in [3.63, 3.8) is 0 Å². The molecule has 1 N–H and O–H groups in total. The van der Waals surface area contributed by atoms with Crippen molar-refractivity contribution in [3.8, 4) is 0 Å². The first-order valence-electron chi connectivity index (χ1n) is 7.56. The molecular weight excluding hydrogens is 288 g/mol. The second-order valence-corrected chi connectivity index (χ2v) is 7.79. The molecule has 0 amide bonds. The quantitative estimate of drug-likeness (QED) is 0.885. The van der Waals surface area contributed by atoms with Crippen LogP contribution in [0, 0.1) is 19.8 Å². The standard InChI is InChI=1S/C14H26N4O2S/c1-11-5-8-17(9-6-11)21(19,20)14-12(2)16-18(13(14)3)10-7-15-4/h11,15H,5-10H2,1-4H3. The summed E-state index contributed by atoms with van der Waals surface area (Å²) in [5.74, 6) is 0.608. The van der Waals surface area contributed by atoms with Crippen LogP contribution in [0.3, 0.4) is 0 Å². The normalized spacial score (nSPS) is 18.3. The molecule has 1 aliphatic rings. The van der Waals surface area contributed by atoms with E-state index in [0.29, 0.717) is 36.1 Å². The second-order valence-electron chi connectivity index (χ2n) is 5.91. The minimum absolute atomic E-state index is 0.396. The third kappa shape index (κ3) is 3.30. The van der Waals surface area contributed by atoms with E-state index < -0.39 is 10.0 Å². The highest BCUT2D eigenvalue weighted by Gasteiger charge is 2.32. The van der Waals surface area contributed by atoms with Gasteiger partial charge in [0.1, 0.15) is 4.90 Å². The highest BCUT2D eigenvalue weighted by Crippen LogP contribution is 2.27. The van der Waals surface area contributed by atoms with Crippen LogP contribution in [0.4, 0.5) is 0 Å². The van der Waals surface area contributed by atoms with Crippen molar-refractivity contribution in [1.29, 1.82) is 0 Å². The van der Waals surface area contributed by atoms with Crippen LogP contribution >= 0.6 is 0 Å². The van der Waals surface area contributed by atoms with Crippen LogP contribution in [-0.4, -0.2) is 49.2 Å². The van der Waals surface area contributed by atoms with Crippen molar-refractivity contribution < 1.29 is 8.42 Å². The zero-order valence-corrected chi connectivity index (χ0v) is 14.2. The van der Waals surface area contributed by atoms with Gasteiger partial charge in [-0.15, -0.1) is 0 Å². The van der Waals surface area contributed by atoms with Crippen LogP contribution in [0.2, 0.25) is 0 Å². The van der Waals surface area contributed by atoms with Crippen molar-refractivity contribution in [3.05, 3.63) is 11.4 Å². The minimum Gasteiger partial charge on any atom is -0.318 e. The Morgan fingerprint density at radius 1 is 1.29 bits per heavy atom. The fraction of sp³-hybridized carbons (Fsp3) is 0.786. The van der Waals surface area contributed by atoms with Crippen LogP contribution in [0.5, 0.6) is 0 Å². The molecule has 120 valence electrons. The first-order valence-corrected chi connectivity index (χ1v) is 9.00. The topological polar surface area (TPSA) is 67.2 Å². The first-order chi connectivity index (χ1) is 9.87. The van der Waals surface area contributed by atoms with Crippen molar-refractivity contribution in [2.75, 3.05) is 26.7 Å². The Morgan fingerprint density at radius 2 is 1.90 bits per heavy atom. The van der Waals surface area contributed by atoms with E-state index >= 15 is 0 Å². The number of sulfonamides is 1. The number of piperidine rings is 1. The summed E-state index contributed by atoms with van der Waals surface area (Å²) in [6.07, 6.45) is 1.87. The maximum atomic E-state index is 12.9. The summed E-state index contributed by atoms with van der Waals surface area (Å²) in [4.78, 5) is 0.396. The molecule has 1 aromatic heterocycles. The molecule has 0 radical (unpaired) electrons. The minimum atomic E-state index is -3.42. The molecule has 0 bridgehead atoms. The SMILES string of the molecule is CNCCn1nc(C)c(S(=O)(=O)N2CCC(C)CC2)c1C. The van der Waals surface area contributed by atoms with Gasteiger partial charge < -0.3 is 5.32 Å². The van der Waals surface area contributed by atoms with Crippen LogP contribution in [0.1, 0.15) is 31.2 Å². The van der Waals surface area contributed by atoms with Gasteiger partial charge in [-0.25, -0.2) is 8.42 Å². The van der Waals surface area contributed by atoms with Gasteiger partial charge in [0.25, 0.3) is 0 Å². The lowest BCUT2D eigenvalue weighted by molar-refractivity contribution is 0.288. The molecule has 6 nitrogen and oxygen atoms in total. The maximum Gasteiger partial charge on any atom is 0.246 e. The predicted molar refractivity (Wildman–Crippen MR) is 82.8 cm³/mol. The van der Waals surface area contributed by atoms with Gasteiger partial charge in [0.05, 0.1) is 17.9 Å². The lowest BCUT2D eigenvalue weighted by Gasteiger charge is -2.29. The molecule has 0 unspecified atom stereocenters. The van der Waals surface area contributed by atoms with E-state index in [0.717, 1.165) is 25.1 Å². The highest BCUT2D eigenvalue weighted by atomic mass is 32.2. The third-order valence-electron chi connectivity index (χ3n) is 4.23. The summed E-state index contributed by atoms with van der Waals surface area (Å²) < 4.78 is 29.2. The third-order valence-corrected chi connectivity index (χ3v) is 6.38. The number of aryl methyl sites for hydroxylation is 1. The van der Waals surface area contributed by atoms with Gasteiger partial charge in [-0.2, -0.15) is 9.40 Å². The van der Waals surface area contributed by atoms with Crippen molar-refractivity contribution in [1.82, 2.24) is 19.4 Å². The molecule has 0 aliphatic carbocycles. The number of rotatable bonds is 5. The van der Waals surface area contributed by atoms with Gasteiger partial charge in [0, 0.05) is 19.6 Å². The summed E-state index contributed by atoms with van der Waals surface area (Å²) in [6, 6.07) is 0. The predicted octanol–water partition coefficient (Wildman–Crippen LogP) is 1.14. The molecule has 1 fully saturated rings. The summed E-state index contributed by atoms with van der Waals surface area (Å²) in [6.45, 7) is 8.47. The van der Waals surface area contributed by atoms with Crippen LogP contribution in [0.15, 0.2) is 4.90 Å². The number of nitrogens with zero attached hydrogens (tertiary/aromatic N) is 3. The van der Waals surface area contributed by atoms with Crippen molar-refractivity contribution >= 4 is 10.0 Å². The number of aromatic nitrogens is 2. The van der Waals surface area contributed by atoms with E-state index in [1.54, 1.807) is 15.9 Å².